The Labute approximate surface area is 172 Å². The summed E-state index contributed by atoms with van der Waals surface area (Å²) in [5.74, 6) is 0.651. The standard InChI is InChI=1S/C21H21N7O2/c29-20(16-6-11-27-18(12-16)5-9-23-27)24-17-3-4-19-25-28(21(30)26(19)10-7-17)14-15-2-1-8-22-13-15/h1-2,5-6,8-9,11-13,17H,3-4,7,10,14H2,(H,24,29). The van der Waals surface area contributed by atoms with Crippen molar-refractivity contribution in [2.24, 2.45) is 0 Å². The quantitative estimate of drug-likeness (QED) is 0.553. The van der Waals surface area contributed by atoms with E-state index in [1.54, 1.807) is 39.9 Å². The van der Waals surface area contributed by atoms with Gasteiger partial charge in [0, 0.05) is 49.4 Å². The lowest BCUT2D eigenvalue weighted by atomic mass is 10.1. The minimum Gasteiger partial charge on any atom is -0.349 e. The van der Waals surface area contributed by atoms with Crippen LogP contribution in [0, 0.1) is 0 Å². The number of rotatable bonds is 4. The summed E-state index contributed by atoms with van der Waals surface area (Å²) in [6.45, 7) is 0.942. The third kappa shape index (κ3) is 3.49. The molecule has 4 aromatic heterocycles. The molecular formula is C21H21N7O2. The van der Waals surface area contributed by atoms with Crippen LogP contribution in [-0.4, -0.2) is 40.9 Å². The molecule has 152 valence electrons. The summed E-state index contributed by atoms with van der Waals surface area (Å²) >= 11 is 0. The second-order valence-corrected chi connectivity index (χ2v) is 7.48. The van der Waals surface area contributed by atoms with Crippen molar-refractivity contribution < 1.29 is 4.79 Å². The van der Waals surface area contributed by atoms with Gasteiger partial charge in [0.1, 0.15) is 5.82 Å². The van der Waals surface area contributed by atoms with Gasteiger partial charge in [0.25, 0.3) is 5.91 Å². The van der Waals surface area contributed by atoms with Crippen LogP contribution < -0.4 is 11.0 Å². The average molecular weight is 403 g/mol. The van der Waals surface area contributed by atoms with E-state index >= 15 is 0 Å². The van der Waals surface area contributed by atoms with Crippen molar-refractivity contribution in [1.82, 2.24) is 34.3 Å². The topological polar surface area (TPSA) is 99.1 Å². The number of hydrogen-bond donors (Lipinski definition) is 1. The molecule has 0 bridgehead atoms. The maximum atomic E-state index is 12.8. The molecule has 0 aromatic carbocycles. The number of aromatic nitrogens is 6. The molecule has 0 fully saturated rings. The zero-order chi connectivity index (χ0) is 20.5. The molecule has 1 aliphatic rings. The molecule has 5 heterocycles. The number of fused-ring (bicyclic) bond motifs is 2. The van der Waals surface area contributed by atoms with Gasteiger partial charge in [-0.15, -0.1) is 0 Å². The number of nitrogens with zero attached hydrogens (tertiary/aromatic N) is 6. The zero-order valence-corrected chi connectivity index (χ0v) is 16.3. The molecule has 0 radical (unpaired) electrons. The number of carbonyl (C=O) groups is 1. The predicted octanol–water partition coefficient (Wildman–Crippen LogP) is 1.27. The molecule has 0 spiro atoms. The zero-order valence-electron chi connectivity index (χ0n) is 16.3. The van der Waals surface area contributed by atoms with E-state index in [-0.39, 0.29) is 17.6 Å². The molecule has 4 aromatic rings. The van der Waals surface area contributed by atoms with E-state index in [1.807, 2.05) is 24.3 Å². The first-order chi connectivity index (χ1) is 14.7. The Hall–Kier alpha value is -3.75. The van der Waals surface area contributed by atoms with E-state index in [9.17, 15) is 9.59 Å². The van der Waals surface area contributed by atoms with Crippen LogP contribution in [-0.2, 0) is 19.5 Å². The van der Waals surface area contributed by atoms with Crippen LogP contribution in [0.3, 0.4) is 0 Å². The van der Waals surface area contributed by atoms with Crippen molar-refractivity contribution in [3.8, 4) is 0 Å². The third-order valence-electron chi connectivity index (χ3n) is 5.47. The summed E-state index contributed by atoms with van der Waals surface area (Å²) in [4.78, 5) is 29.5. The molecule has 1 unspecified atom stereocenters. The number of pyridine rings is 2. The Balaban J connectivity index is 1.27. The van der Waals surface area contributed by atoms with E-state index in [0.29, 0.717) is 31.5 Å². The van der Waals surface area contributed by atoms with Gasteiger partial charge >= 0.3 is 5.69 Å². The lowest BCUT2D eigenvalue weighted by molar-refractivity contribution is 0.0933. The van der Waals surface area contributed by atoms with Crippen molar-refractivity contribution >= 4 is 11.4 Å². The van der Waals surface area contributed by atoms with Gasteiger partial charge in [-0.3, -0.25) is 14.3 Å². The minimum absolute atomic E-state index is 0.00786. The number of aryl methyl sites for hydroxylation is 1. The first-order valence-electron chi connectivity index (χ1n) is 9.97. The van der Waals surface area contributed by atoms with Gasteiger partial charge in [-0.2, -0.15) is 10.2 Å². The highest BCUT2D eigenvalue weighted by molar-refractivity contribution is 5.95. The number of hydrogen-bond acceptors (Lipinski definition) is 5. The monoisotopic (exact) mass is 403 g/mol. The van der Waals surface area contributed by atoms with Gasteiger partial charge in [0.05, 0.1) is 12.1 Å². The van der Waals surface area contributed by atoms with Gasteiger partial charge in [-0.25, -0.2) is 14.0 Å². The fourth-order valence-electron chi connectivity index (χ4n) is 3.87. The lowest BCUT2D eigenvalue weighted by Gasteiger charge is -2.16. The molecule has 1 aliphatic heterocycles. The Kier molecular flexibility index (Phi) is 4.62. The Morgan fingerprint density at radius 2 is 2.13 bits per heavy atom. The van der Waals surface area contributed by atoms with E-state index in [2.05, 4.69) is 20.5 Å². The lowest BCUT2D eigenvalue weighted by Crippen LogP contribution is -2.36. The molecule has 0 aliphatic carbocycles. The molecule has 1 amide bonds. The first-order valence-corrected chi connectivity index (χ1v) is 9.97. The van der Waals surface area contributed by atoms with Crippen LogP contribution in [0.4, 0.5) is 0 Å². The van der Waals surface area contributed by atoms with E-state index < -0.39 is 0 Å². The summed E-state index contributed by atoms with van der Waals surface area (Å²) in [5, 5.41) is 11.8. The van der Waals surface area contributed by atoms with Crippen molar-refractivity contribution in [2.45, 2.75) is 38.4 Å². The van der Waals surface area contributed by atoms with Crippen molar-refractivity contribution in [1.29, 1.82) is 0 Å². The second-order valence-electron chi connectivity index (χ2n) is 7.48. The van der Waals surface area contributed by atoms with Crippen molar-refractivity contribution in [3.63, 3.8) is 0 Å². The Morgan fingerprint density at radius 3 is 3.00 bits per heavy atom. The van der Waals surface area contributed by atoms with E-state index in [1.165, 1.54) is 4.68 Å². The molecule has 1 N–H and O–H groups in total. The van der Waals surface area contributed by atoms with Gasteiger partial charge in [0.2, 0.25) is 0 Å². The highest BCUT2D eigenvalue weighted by Gasteiger charge is 2.22. The van der Waals surface area contributed by atoms with Crippen LogP contribution in [0.25, 0.3) is 5.52 Å². The number of carbonyl (C=O) groups excluding carboxylic acids is 1. The van der Waals surface area contributed by atoms with Crippen LogP contribution in [0.15, 0.2) is 59.9 Å². The predicted molar refractivity (Wildman–Crippen MR) is 109 cm³/mol. The van der Waals surface area contributed by atoms with Gasteiger partial charge in [-0.05, 0) is 42.7 Å². The van der Waals surface area contributed by atoms with Crippen LogP contribution in [0.2, 0.25) is 0 Å². The van der Waals surface area contributed by atoms with Crippen LogP contribution in [0.5, 0.6) is 0 Å². The van der Waals surface area contributed by atoms with E-state index in [0.717, 1.165) is 23.3 Å². The Bertz CT molecular complexity index is 1260. The van der Waals surface area contributed by atoms with Gasteiger partial charge in [0.15, 0.2) is 0 Å². The third-order valence-corrected chi connectivity index (χ3v) is 5.47. The van der Waals surface area contributed by atoms with Crippen molar-refractivity contribution in [3.05, 3.63) is 82.6 Å². The van der Waals surface area contributed by atoms with E-state index in [4.69, 9.17) is 0 Å². The molecule has 1 atom stereocenters. The largest absolute Gasteiger partial charge is 0.349 e. The summed E-state index contributed by atoms with van der Waals surface area (Å²) in [6, 6.07) is 9.20. The summed E-state index contributed by atoms with van der Waals surface area (Å²) in [5.41, 5.74) is 2.29. The smallest absolute Gasteiger partial charge is 0.346 e. The molecular weight excluding hydrogens is 382 g/mol. The maximum absolute atomic E-state index is 12.8. The van der Waals surface area contributed by atoms with Gasteiger partial charge in [-0.1, -0.05) is 6.07 Å². The summed E-state index contributed by atoms with van der Waals surface area (Å²) in [6.07, 6.45) is 8.99. The average Bonchev–Trinajstić information content (AvgIpc) is 3.29. The number of amides is 1. The highest BCUT2D eigenvalue weighted by atomic mass is 16.2. The number of nitrogens with one attached hydrogen (secondary N) is 1. The molecule has 0 saturated carbocycles. The van der Waals surface area contributed by atoms with Crippen LogP contribution in [0.1, 0.15) is 34.6 Å². The first kappa shape index (κ1) is 18.3. The van der Waals surface area contributed by atoms with Gasteiger partial charge < -0.3 is 5.32 Å². The molecule has 9 nitrogen and oxygen atoms in total. The molecule has 5 rings (SSSR count). The molecule has 9 heteroatoms. The fraction of sp³-hybridized carbons (Fsp3) is 0.286. The SMILES string of the molecule is O=C(NC1CCc2nn(Cc3cccnc3)c(=O)n2CC1)c1ccn2nccc2c1. The molecule has 30 heavy (non-hydrogen) atoms. The summed E-state index contributed by atoms with van der Waals surface area (Å²) in [7, 11) is 0. The van der Waals surface area contributed by atoms with Crippen LogP contribution >= 0.6 is 0 Å². The normalized spacial score (nSPS) is 16.2. The Morgan fingerprint density at radius 1 is 1.20 bits per heavy atom. The highest BCUT2D eigenvalue weighted by Crippen LogP contribution is 2.14. The maximum Gasteiger partial charge on any atom is 0.346 e. The second kappa shape index (κ2) is 7.58. The fourth-order valence-corrected chi connectivity index (χ4v) is 3.87. The summed E-state index contributed by atoms with van der Waals surface area (Å²) < 4.78 is 4.94. The van der Waals surface area contributed by atoms with Crippen molar-refractivity contribution in [2.75, 3.05) is 0 Å². The molecule has 0 saturated heterocycles. The minimum atomic E-state index is -0.119.